The van der Waals surface area contributed by atoms with Crippen LogP contribution in [-0.2, 0) is 9.84 Å². The monoisotopic (exact) mass is 250 g/mol. The summed E-state index contributed by atoms with van der Waals surface area (Å²) < 4.78 is 27.5. The lowest BCUT2D eigenvalue weighted by atomic mass is 10.2. The molecule has 1 aliphatic heterocycles. The molecule has 6 heteroatoms. The predicted molar refractivity (Wildman–Crippen MR) is 61.7 cm³/mol. The van der Waals surface area contributed by atoms with Gasteiger partial charge in [-0.15, -0.1) is 0 Å². The predicted octanol–water partition coefficient (Wildman–Crippen LogP) is 0.754. The van der Waals surface area contributed by atoms with Gasteiger partial charge in [0.2, 0.25) is 0 Å². The quantitative estimate of drug-likeness (QED) is 0.851. The number of nitrogens with one attached hydrogen (secondary N) is 1. The minimum atomic E-state index is -3.15. The van der Waals surface area contributed by atoms with Gasteiger partial charge in [-0.05, 0) is 24.3 Å². The van der Waals surface area contributed by atoms with E-state index in [1.165, 1.54) is 0 Å². The summed E-state index contributed by atoms with van der Waals surface area (Å²) in [5.74, 6) is 0.595. The van der Waals surface area contributed by atoms with E-state index in [4.69, 9.17) is 10.00 Å². The highest BCUT2D eigenvalue weighted by atomic mass is 32.2. The van der Waals surface area contributed by atoms with Gasteiger partial charge in [-0.2, -0.15) is 5.26 Å². The van der Waals surface area contributed by atoms with Gasteiger partial charge in [0.15, 0.2) is 14.9 Å². The number of hydrogen-bond acceptors (Lipinski definition) is 5. The maximum Gasteiger partial charge on any atom is 0.192 e. The number of benzene rings is 1. The Morgan fingerprint density at radius 2 is 2.00 bits per heavy atom. The molecule has 0 radical (unpaired) electrons. The number of sulfone groups is 1. The van der Waals surface area contributed by atoms with Crippen LogP contribution in [0.2, 0.25) is 0 Å². The smallest absolute Gasteiger partial charge is 0.192 e. The zero-order valence-electron chi connectivity index (χ0n) is 9.10. The molecule has 0 aliphatic carbocycles. The van der Waals surface area contributed by atoms with Gasteiger partial charge >= 0.3 is 0 Å². The highest BCUT2D eigenvalue weighted by Gasteiger charge is 2.30. The molecule has 0 aromatic heterocycles. The normalized spacial score (nSPS) is 13.9. The molecular weight excluding hydrogens is 240 g/mol. The Bertz CT molecular complexity index is 609. The Labute approximate surface area is 99.2 Å². The van der Waals surface area contributed by atoms with Gasteiger partial charge in [0, 0.05) is 6.26 Å². The number of nitriles is 1. The van der Waals surface area contributed by atoms with Gasteiger partial charge in [0.25, 0.3) is 0 Å². The molecule has 1 heterocycles. The SMILES string of the molecule is CS(=O)(=O)C1=C(COc2ccc(C#N)cc2)N1. The average molecular weight is 250 g/mol. The lowest BCUT2D eigenvalue weighted by Crippen LogP contribution is -1.98. The maximum absolute atomic E-state index is 11.1. The first-order chi connectivity index (χ1) is 8.00. The summed E-state index contributed by atoms with van der Waals surface area (Å²) in [6, 6.07) is 8.62. The van der Waals surface area contributed by atoms with Crippen molar-refractivity contribution in [2.45, 2.75) is 0 Å². The molecule has 17 heavy (non-hydrogen) atoms. The van der Waals surface area contributed by atoms with Crippen LogP contribution in [0.1, 0.15) is 5.56 Å². The topological polar surface area (TPSA) is 89.1 Å². The van der Waals surface area contributed by atoms with E-state index in [0.717, 1.165) is 6.26 Å². The van der Waals surface area contributed by atoms with E-state index in [-0.39, 0.29) is 11.6 Å². The lowest BCUT2D eigenvalue weighted by Gasteiger charge is -2.01. The number of ether oxygens (including phenoxy) is 1. The third-order valence-electron chi connectivity index (χ3n) is 2.21. The van der Waals surface area contributed by atoms with Crippen LogP contribution < -0.4 is 10.1 Å². The lowest BCUT2D eigenvalue weighted by molar-refractivity contribution is 0.354. The zero-order valence-corrected chi connectivity index (χ0v) is 9.91. The molecule has 1 aliphatic rings. The van der Waals surface area contributed by atoms with Crippen LogP contribution in [0.5, 0.6) is 5.75 Å². The van der Waals surface area contributed by atoms with Crippen molar-refractivity contribution in [2.75, 3.05) is 12.9 Å². The Morgan fingerprint density at radius 1 is 1.35 bits per heavy atom. The van der Waals surface area contributed by atoms with E-state index in [0.29, 0.717) is 17.0 Å². The Kier molecular flexibility index (Phi) is 2.77. The van der Waals surface area contributed by atoms with Gasteiger partial charge in [-0.25, -0.2) is 8.42 Å². The van der Waals surface area contributed by atoms with Gasteiger partial charge in [0.1, 0.15) is 12.4 Å². The fourth-order valence-corrected chi connectivity index (χ4v) is 2.12. The highest BCUT2D eigenvalue weighted by Crippen LogP contribution is 2.22. The van der Waals surface area contributed by atoms with Gasteiger partial charge < -0.3 is 10.1 Å². The summed E-state index contributed by atoms with van der Waals surface area (Å²) in [6.07, 6.45) is 1.14. The summed E-state index contributed by atoms with van der Waals surface area (Å²) in [5.41, 5.74) is 1.13. The van der Waals surface area contributed by atoms with Crippen LogP contribution in [0.15, 0.2) is 35.0 Å². The largest absolute Gasteiger partial charge is 0.487 e. The molecule has 1 N–H and O–H groups in total. The highest BCUT2D eigenvalue weighted by molar-refractivity contribution is 7.94. The van der Waals surface area contributed by atoms with Crippen LogP contribution in [0.25, 0.3) is 0 Å². The minimum absolute atomic E-state index is 0.189. The molecule has 88 valence electrons. The molecule has 0 saturated carbocycles. The van der Waals surface area contributed by atoms with Crippen molar-refractivity contribution >= 4 is 9.84 Å². The molecule has 0 amide bonds. The fourth-order valence-electron chi connectivity index (χ4n) is 1.31. The second-order valence-corrected chi connectivity index (χ2v) is 5.58. The molecule has 1 aromatic rings. The number of rotatable bonds is 4. The van der Waals surface area contributed by atoms with E-state index in [1.807, 2.05) is 6.07 Å². The molecular formula is C11H10N2O3S. The molecule has 0 spiro atoms. The number of hydrogen-bond donors (Lipinski definition) is 1. The van der Waals surface area contributed by atoms with Crippen molar-refractivity contribution in [3.63, 3.8) is 0 Å². The van der Waals surface area contributed by atoms with Crippen molar-refractivity contribution in [2.24, 2.45) is 0 Å². The Morgan fingerprint density at radius 3 is 2.47 bits per heavy atom. The van der Waals surface area contributed by atoms with Crippen LogP contribution in [-0.4, -0.2) is 21.3 Å². The molecule has 1 aromatic carbocycles. The van der Waals surface area contributed by atoms with Crippen LogP contribution in [0.3, 0.4) is 0 Å². The molecule has 2 rings (SSSR count). The van der Waals surface area contributed by atoms with Gasteiger partial charge in [-0.1, -0.05) is 0 Å². The molecule has 0 saturated heterocycles. The standard InChI is InChI=1S/C11H10N2O3S/c1-17(14,15)11-10(13-11)7-16-9-4-2-8(6-12)3-5-9/h2-5,13H,7H2,1H3. The van der Waals surface area contributed by atoms with Crippen LogP contribution in [0.4, 0.5) is 0 Å². The van der Waals surface area contributed by atoms with Crippen molar-refractivity contribution in [3.05, 3.63) is 40.6 Å². The van der Waals surface area contributed by atoms with Crippen LogP contribution in [0, 0.1) is 11.3 Å². The third-order valence-corrected chi connectivity index (χ3v) is 3.30. The van der Waals surface area contributed by atoms with E-state index >= 15 is 0 Å². The van der Waals surface area contributed by atoms with Crippen molar-refractivity contribution in [1.29, 1.82) is 5.26 Å². The summed E-state index contributed by atoms with van der Waals surface area (Å²) in [7, 11) is -3.15. The summed E-state index contributed by atoms with van der Waals surface area (Å²) in [6.45, 7) is 0.189. The molecule has 5 nitrogen and oxygen atoms in total. The maximum atomic E-state index is 11.1. The molecule has 0 atom stereocenters. The molecule has 0 unspecified atom stereocenters. The Hall–Kier alpha value is -2.00. The molecule has 0 fully saturated rings. The van der Waals surface area contributed by atoms with Gasteiger partial charge in [0.05, 0.1) is 17.3 Å². The first-order valence-corrected chi connectivity index (χ1v) is 6.73. The average Bonchev–Trinajstić information content (AvgIpc) is 3.06. The molecule has 0 bridgehead atoms. The van der Waals surface area contributed by atoms with Crippen LogP contribution >= 0.6 is 0 Å². The summed E-state index contributed by atoms with van der Waals surface area (Å²) >= 11 is 0. The van der Waals surface area contributed by atoms with E-state index in [9.17, 15) is 8.42 Å². The van der Waals surface area contributed by atoms with Gasteiger partial charge in [-0.3, -0.25) is 0 Å². The summed E-state index contributed by atoms with van der Waals surface area (Å²) in [5, 5.41) is 11.5. The fraction of sp³-hybridized carbons (Fsp3) is 0.182. The summed E-state index contributed by atoms with van der Waals surface area (Å²) in [4.78, 5) is 0. The van der Waals surface area contributed by atoms with E-state index < -0.39 is 9.84 Å². The second-order valence-electron chi connectivity index (χ2n) is 3.63. The third kappa shape index (κ3) is 2.77. The van der Waals surface area contributed by atoms with Crippen molar-refractivity contribution < 1.29 is 13.2 Å². The zero-order chi connectivity index (χ0) is 12.5. The number of nitrogens with zero attached hydrogens (tertiary/aromatic N) is 1. The minimum Gasteiger partial charge on any atom is -0.487 e. The van der Waals surface area contributed by atoms with E-state index in [2.05, 4.69) is 5.32 Å². The van der Waals surface area contributed by atoms with Crippen molar-refractivity contribution in [1.82, 2.24) is 5.32 Å². The first kappa shape index (κ1) is 11.5. The first-order valence-electron chi connectivity index (χ1n) is 4.84. The van der Waals surface area contributed by atoms with E-state index in [1.54, 1.807) is 24.3 Å². The Balaban J connectivity index is 1.96. The van der Waals surface area contributed by atoms with Crippen molar-refractivity contribution in [3.8, 4) is 11.8 Å². The second kappa shape index (κ2) is 4.11.